The summed E-state index contributed by atoms with van der Waals surface area (Å²) in [6.07, 6.45) is 1.09. The number of nitrogens with zero attached hydrogens (tertiary/aromatic N) is 4. The largest absolute Gasteiger partial charge is 0.339 e. The number of carbonyl (C=O) groups excluding carboxylic acids is 1. The van der Waals surface area contributed by atoms with Crippen LogP contribution in [0, 0.1) is 13.8 Å². The quantitative estimate of drug-likeness (QED) is 0.708. The van der Waals surface area contributed by atoms with Crippen LogP contribution in [-0.4, -0.2) is 34.1 Å². The number of ketones is 1. The average molecular weight is 358 g/mol. The minimum atomic E-state index is 0.300. The SMILES string of the molecule is Cc1ccc(-c2nnc(N3CCC(=O)CC3)nc2-c2ccc(C)cc2)cc1. The first-order chi connectivity index (χ1) is 13.1. The van der Waals surface area contributed by atoms with Gasteiger partial charge in [0.2, 0.25) is 5.95 Å². The Morgan fingerprint density at radius 3 is 1.81 bits per heavy atom. The molecule has 1 aromatic heterocycles. The number of benzene rings is 2. The molecular weight excluding hydrogens is 336 g/mol. The van der Waals surface area contributed by atoms with Gasteiger partial charge in [-0.25, -0.2) is 4.98 Å². The van der Waals surface area contributed by atoms with E-state index in [9.17, 15) is 4.79 Å². The fourth-order valence-electron chi connectivity index (χ4n) is 3.23. The molecule has 0 aliphatic carbocycles. The van der Waals surface area contributed by atoms with Gasteiger partial charge in [0.05, 0.1) is 0 Å². The molecular formula is C22H22N4O. The molecule has 5 nitrogen and oxygen atoms in total. The van der Waals surface area contributed by atoms with Crippen LogP contribution < -0.4 is 4.90 Å². The highest BCUT2D eigenvalue weighted by atomic mass is 16.1. The molecule has 0 unspecified atom stereocenters. The summed E-state index contributed by atoms with van der Waals surface area (Å²) in [6, 6.07) is 16.5. The van der Waals surface area contributed by atoms with Crippen LogP contribution in [0.4, 0.5) is 5.95 Å². The molecule has 136 valence electrons. The van der Waals surface area contributed by atoms with E-state index in [-0.39, 0.29) is 0 Å². The van der Waals surface area contributed by atoms with Crippen molar-refractivity contribution in [2.45, 2.75) is 26.7 Å². The van der Waals surface area contributed by atoms with E-state index in [0.29, 0.717) is 37.7 Å². The van der Waals surface area contributed by atoms with Crippen LogP contribution in [0.1, 0.15) is 24.0 Å². The van der Waals surface area contributed by atoms with Crippen molar-refractivity contribution in [1.82, 2.24) is 15.2 Å². The van der Waals surface area contributed by atoms with Crippen molar-refractivity contribution in [2.24, 2.45) is 0 Å². The molecule has 0 atom stereocenters. The molecule has 1 fully saturated rings. The number of anilines is 1. The smallest absolute Gasteiger partial charge is 0.245 e. The van der Waals surface area contributed by atoms with Crippen molar-refractivity contribution >= 4 is 11.7 Å². The van der Waals surface area contributed by atoms with E-state index < -0.39 is 0 Å². The highest BCUT2D eigenvalue weighted by molar-refractivity contribution is 5.81. The lowest BCUT2D eigenvalue weighted by molar-refractivity contribution is -0.119. The van der Waals surface area contributed by atoms with E-state index in [0.717, 1.165) is 22.5 Å². The minimum absolute atomic E-state index is 0.300. The number of carbonyl (C=O) groups is 1. The summed E-state index contributed by atoms with van der Waals surface area (Å²) < 4.78 is 0. The van der Waals surface area contributed by atoms with Crippen LogP contribution in [0.5, 0.6) is 0 Å². The highest BCUT2D eigenvalue weighted by Gasteiger charge is 2.21. The Labute approximate surface area is 159 Å². The third-order valence-electron chi connectivity index (χ3n) is 4.93. The Hall–Kier alpha value is -3.08. The number of Topliss-reactive ketones (excluding diaryl/α,β-unsaturated/α-hetero) is 1. The van der Waals surface area contributed by atoms with Gasteiger partial charge in [-0.15, -0.1) is 10.2 Å². The lowest BCUT2D eigenvalue weighted by atomic mass is 10.0. The summed E-state index contributed by atoms with van der Waals surface area (Å²) in [5.41, 5.74) is 6.01. The van der Waals surface area contributed by atoms with Crippen molar-refractivity contribution < 1.29 is 4.79 Å². The number of aryl methyl sites for hydroxylation is 2. The predicted octanol–water partition coefficient (Wildman–Crippen LogP) is 3.99. The molecule has 0 amide bonds. The Morgan fingerprint density at radius 1 is 0.741 bits per heavy atom. The Morgan fingerprint density at radius 2 is 1.26 bits per heavy atom. The Bertz CT molecular complexity index is 955. The molecule has 2 heterocycles. The van der Waals surface area contributed by atoms with Crippen LogP contribution in [0.3, 0.4) is 0 Å². The predicted molar refractivity (Wildman–Crippen MR) is 107 cm³/mol. The summed E-state index contributed by atoms with van der Waals surface area (Å²) in [6.45, 7) is 5.43. The normalized spacial score (nSPS) is 14.4. The van der Waals surface area contributed by atoms with Gasteiger partial charge in [0.15, 0.2) is 0 Å². The second-order valence-corrected chi connectivity index (χ2v) is 7.07. The zero-order valence-corrected chi connectivity index (χ0v) is 15.6. The van der Waals surface area contributed by atoms with Gasteiger partial charge < -0.3 is 4.90 Å². The summed E-state index contributed by atoms with van der Waals surface area (Å²) >= 11 is 0. The zero-order chi connectivity index (χ0) is 18.8. The highest BCUT2D eigenvalue weighted by Crippen LogP contribution is 2.30. The van der Waals surface area contributed by atoms with E-state index in [1.54, 1.807) is 0 Å². The van der Waals surface area contributed by atoms with Gasteiger partial charge in [0.1, 0.15) is 17.2 Å². The van der Waals surface area contributed by atoms with Crippen molar-refractivity contribution in [1.29, 1.82) is 0 Å². The maximum atomic E-state index is 11.5. The maximum Gasteiger partial charge on any atom is 0.245 e. The van der Waals surface area contributed by atoms with Crippen molar-refractivity contribution in [3.8, 4) is 22.5 Å². The molecule has 0 radical (unpaired) electrons. The number of hydrogen-bond donors (Lipinski definition) is 0. The standard InChI is InChI=1S/C22H22N4O/c1-15-3-7-17(8-4-15)20-21(18-9-5-16(2)6-10-18)24-25-22(23-20)26-13-11-19(27)12-14-26/h3-10H,11-14H2,1-2H3. The van der Waals surface area contributed by atoms with E-state index in [1.165, 1.54) is 11.1 Å². The zero-order valence-electron chi connectivity index (χ0n) is 15.6. The first kappa shape index (κ1) is 17.3. The lowest BCUT2D eigenvalue weighted by Crippen LogP contribution is -2.35. The Kier molecular flexibility index (Phi) is 4.67. The molecule has 1 aliphatic rings. The summed E-state index contributed by atoms with van der Waals surface area (Å²) in [4.78, 5) is 18.5. The first-order valence-corrected chi connectivity index (χ1v) is 9.25. The van der Waals surface area contributed by atoms with Gasteiger partial charge >= 0.3 is 0 Å². The van der Waals surface area contributed by atoms with Gasteiger partial charge in [0, 0.05) is 37.1 Å². The molecule has 0 spiro atoms. The van der Waals surface area contributed by atoms with Crippen LogP contribution in [0.15, 0.2) is 48.5 Å². The van der Waals surface area contributed by atoms with Gasteiger partial charge in [0.25, 0.3) is 0 Å². The fourth-order valence-corrected chi connectivity index (χ4v) is 3.23. The van der Waals surface area contributed by atoms with E-state index in [1.807, 2.05) is 4.90 Å². The second-order valence-electron chi connectivity index (χ2n) is 7.07. The number of aromatic nitrogens is 3. The van der Waals surface area contributed by atoms with Gasteiger partial charge in [-0.05, 0) is 13.8 Å². The topological polar surface area (TPSA) is 59.0 Å². The summed E-state index contributed by atoms with van der Waals surface area (Å²) in [5.74, 6) is 0.892. The number of piperidine rings is 1. The van der Waals surface area contributed by atoms with Crippen LogP contribution in [-0.2, 0) is 4.79 Å². The van der Waals surface area contributed by atoms with Crippen LogP contribution in [0.25, 0.3) is 22.5 Å². The molecule has 0 bridgehead atoms. The van der Waals surface area contributed by atoms with Crippen LogP contribution in [0.2, 0.25) is 0 Å². The number of hydrogen-bond acceptors (Lipinski definition) is 5. The van der Waals surface area contributed by atoms with E-state index in [4.69, 9.17) is 4.98 Å². The second kappa shape index (κ2) is 7.27. The van der Waals surface area contributed by atoms with Gasteiger partial charge in [-0.1, -0.05) is 59.7 Å². The Balaban J connectivity index is 1.79. The van der Waals surface area contributed by atoms with Crippen LogP contribution >= 0.6 is 0 Å². The summed E-state index contributed by atoms with van der Waals surface area (Å²) in [7, 11) is 0. The van der Waals surface area contributed by atoms with Gasteiger partial charge in [-0.3, -0.25) is 4.79 Å². The molecule has 0 N–H and O–H groups in total. The molecule has 1 saturated heterocycles. The molecule has 0 saturated carbocycles. The van der Waals surface area contributed by atoms with E-state index >= 15 is 0 Å². The molecule has 5 heteroatoms. The average Bonchev–Trinajstić information content (AvgIpc) is 2.69. The first-order valence-electron chi connectivity index (χ1n) is 9.25. The van der Waals surface area contributed by atoms with Gasteiger partial charge in [-0.2, -0.15) is 0 Å². The molecule has 4 rings (SSSR count). The third-order valence-corrected chi connectivity index (χ3v) is 4.93. The minimum Gasteiger partial charge on any atom is -0.339 e. The lowest BCUT2D eigenvalue weighted by Gasteiger charge is -2.26. The third kappa shape index (κ3) is 3.72. The van der Waals surface area contributed by atoms with Crippen molar-refractivity contribution in [3.05, 3.63) is 59.7 Å². The molecule has 3 aromatic rings. The maximum absolute atomic E-state index is 11.5. The fraction of sp³-hybridized carbons (Fsp3) is 0.273. The molecule has 2 aromatic carbocycles. The van der Waals surface area contributed by atoms with Crippen molar-refractivity contribution in [3.63, 3.8) is 0 Å². The number of rotatable bonds is 3. The monoisotopic (exact) mass is 358 g/mol. The molecule has 27 heavy (non-hydrogen) atoms. The summed E-state index contributed by atoms with van der Waals surface area (Å²) in [5, 5.41) is 8.92. The molecule has 1 aliphatic heterocycles. The van der Waals surface area contributed by atoms with Crippen molar-refractivity contribution in [2.75, 3.05) is 18.0 Å². The van der Waals surface area contributed by atoms with E-state index in [2.05, 4.69) is 72.6 Å².